The molecule has 0 aliphatic carbocycles. The topological polar surface area (TPSA) is 48.1 Å². The number of hydrogen-bond donors (Lipinski definition) is 1. The van der Waals surface area contributed by atoms with Crippen LogP contribution in [0.1, 0.15) is 53.3 Å². The van der Waals surface area contributed by atoms with Gasteiger partial charge in [0.2, 0.25) is 5.88 Å². The highest BCUT2D eigenvalue weighted by molar-refractivity contribution is 5.46. The summed E-state index contributed by atoms with van der Waals surface area (Å²) in [6.45, 7) is 12.5. The van der Waals surface area contributed by atoms with Gasteiger partial charge in [0.15, 0.2) is 0 Å². The van der Waals surface area contributed by atoms with E-state index < -0.39 is 0 Å². The van der Waals surface area contributed by atoms with Crippen molar-refractivity contribution < 1.29 is 4.74 Å². The van der Waals surface area contributed by atoms with E-state index in [1.165, 1.54) is 11.1 Å². The van der Waals surface area contributed by atoms with Crippen LogP contribution in [-0.4, -0.2) is 11.0 Å². The van der Waals surface area contributed by atoms with E-state index in [0.717, 1.165) is 47.4 Å². The molecule has 0 saturated carbocycles. The number of pyridine rings is 1. The van der Waals surface area contributed by atoms with E-state index in [9.17, 15) is 0 Å². The summed E-state index contributed by atoms with van der Waals surface area (Å²) in [5.41, 5.74) is 13.0. The lowest BCUT2D eigenvalue weighted by atomic mass is 10.0. The highest BCUT2D eigenvalue weighted by Crippen LogP contribution is 2.32. The normalized spacial score (nSPS) is 12.3. The molecule has 3 nitrogen and oxygen atoms in total. The first-order valence-corrected chi connectivity index (χ1v) is 8.80. The average Bonchev–Trinajstić information content (AvgIpc) is 2.51. The summed E-state index contributed by atoms with van der Waals surface area (Å²) in [5, 5.41) is 0. The third-order valence-corrected chi connectivity index (χ3v) is 4.58. The standard InChI is InChI=1S/C21H30N2O/c1-7-19(22)9-8-18-12-16(5)23-21(17(18)6)24-20-14(3)10-13(2)11-15(20)4/h10-12,19H,7-9,22H2,1-6H3. The van der Waals surface area contributed by atoms with Crippen LogP contribution in [0.5, 0.6) is 11.6 Å². The molecule has 0 aliphatic rings. The van der Waals surface area contributed by atoms with Crippen LogP contribution in [0, 0.1) is 34.6 Å². The van der Waals surface area contributed by atoms with Crippen LogP contribution in [0.4, 0.5) is 0 Å². The van der Waals surface area contributed by atoms with Crippen LogP contribution >= 0.6 is 0 Å². The second-order valence-corrected chi connectivity index (χ2v) is 6.89. The summed E-state index contributed by atoms with van der Waals surface area (Å²) >= 11 is 0. The zero-order chi connectivity index (χ0) is 17.9. The molecule has 1 unspecified atom stereocenters. The summed E-state index contributed by atoms with van der Waals surface area (Å²) in [4.78, 5) is 4.63. The minimum Gasteiger partial charge on any atom is -0.438 e. The minimum absolute atomic E-state index is 0.254. The van der Waals surface area contributed by atoms with E-state index in [1.54, 1.807) is 0 Å². The molecule has 130 valence electrons. The van der Waals surface area contributed by atoms with Crippen LogP contribution in [0.15, 0.2) is 18.2 Å². The van der Waals surface area contributed by atoms with Crippen molar-refractivity contribution >= 4 is 0 Å². The Bertz CT molecular complexity index is 699. The molecule has 1 aromatic carbocycles. The van der Waals surface area contributed by atoms with E-state index in [1.807, 2.05) is 6.92 Å². The molecule has 1 aromatic heterocycles. The van der Waals surface area contributed by atoms with Gasteiger partial charge in [0, 0.05) is 17.3 Å². The predicted octanol–water partition coefficient (Wildman–Crippen LogP) is 5.09. The van der Waals surface area contributed by atoms with Crippen molar-refractivity contribution in [2.24, 2.45) is 5.73 Å². The Morgan fingerprint density at radius 1 is 1.04 bits per heavy atom. The van der Waals surface area contributed by atoms with Crippen molar-refractivity contribution in [1.29, 1.82) is 0 Å². The molecule has 24 heavy (non-hydrogen) atoms. The molecule has 0 aliphatic heterocycles. The Morgan fingerprint density at radius 2 is 1.67 bits per heavy atom. The first-order valence-electron chi connectivity index (χ1n) is 8.80. The molecule has 0 amide bonds. The summed E-state index contributed by atoms with van der Waals surface area (Å²) in [7, 11) is 0. The molecule has 0 bridgehead atoms. The van der Waals surface area contributed by atoms with Gasteiger partial charge in [0.05, 0.1) is 0 Å². The maximum atomic E-state index is 6.24. The second-order valence-electron chi connectivity index (χ2n) is 6.89. The van der Waals surface area contributed by atoms with E-state index in [2.05, 4.69) is 57.8 Å². The molecular formula is C21H30N2O. The Kier molecular flexibility index (Phi) is 6.00. The molecule has 3 heteroatoms. The number of aromatic nitrogens is 1. The maximum absolute atomic E-state index is 6.24. The Labute approximate surface area is 146 Å². The van der Waals surface area contributed by atoms with Crippen LogP contribution in [-0.2, 0) is 6.42 Å². The fraction of sp³-hybridized carbons (Fsp3) is 0.476. The molecule has 2 N–H and O–H groups in total. The fourth-order valence-electron chi connectivity index (χ4n) is 3.10. The Balaban J connectivity index is 2.33. The number of ether oxygens (including phenoxy) is 1. The monoisotopic (exact) mass is 326 g/mol. The van der Waals surface area contributed by atoms with Crippen molar-refractivity contribution in [2.75, 3.05) is 0 Å². The lowest BCUT2D eigenvalue weighted by Crippen LogP contribution is -2.19. The molecule has 0 saturated heterocycles. The van der Waals surface area contributed by atoms with Crippen molar-refractivity contribution in [3.63, 3.8) is 0 Å². The van der Waals surface area contributed by atoms with Gasteiger partial charge in [-0.3, -0.25) is 0 Å². The highest BCUT2D eigenvalue weighted by atomic mass is 16.5. The number of benzene rings is 1. The molecule has 0 fully saturated rings. The number of rotatable bonds is 6. The van der Waals surface area contributed by atoms with Crippen molar-refractivity contribution in [1.82, 2.24) is 4.98 Å². The van der Waals surface area contributed by atoms with Gasteiger partial charge in [-0.2, -0.15) is 0 Å². The summed E-state index contributed by atoms with van der Waals surface area (Å²) in [5.74, 6) is 1.63. The third-order valence-electron chi connectivity index (χ3n) is 4.58. The predicted molar refractivity (Wildman–Crippen MR) is 101 cm³/mol. The fourth-order valence-corrected chi connectivity index (χ4v) is 3.10. The van der Waals surface area contributed by atoms with Gasteiger partial charge >= 0.3 is 0 Å². The lowest BCUT2D eigenvalue weighted by molar-refractivity contribution is 0.449. The second kappa shape index (κ2) is 7.80. The molecule has 0 radical (unpaired) electrons. The van der Waals surface area contributed by atoms with Gasteiger partial charge in [-0.25, -0.2) is 4.98 Å². The van der Waals surface area contributed by atoms with E-state index in [0.29, 0.717) is 5.88 Å². The van der Waals surface area contributed by atoms with E-state index >= 15 is 0 Å². The maximum Gasteiger partial charge on any atom is 0.222 e. The highest BCUT2D eigenvalue weighted by Gasteiger charge is 2.13. The van der Waals surface area contributed by atoms with Gasteiger partial charge in [-0.15, -0.1) is 0 Å². The summed E-state index contributed by atoms with van der Waals surface area (Å²) < 4.78 is 6.24. The quantitative estimate of drug-likeness (QED) is 0.804. The first-order chi connectivity index (χ1) is 11.3. The zero-order valence-electron chi connectivity index (χ0n) is 15.9. The van der Waals surface area contributed by atoms with Crippen molar-refractivity contribution in [2.45, 2.75) is 66.8 Å². The van der Waals surface area contributed by atoms with Crippen LogP contribution in [0.2, 0.25) is 0 Å². The van der Waals surface area contributed by atoms with E-state index in [-0.39, 0.29) is 6.04 Å². The van der Waals surface area contributed by atoms with Crippen LogP contribution in [0.25, 0.3) is 0 Å². The van der Waals surface area contributed by atoms with Crippen molar-refractivity contribution in [3.8, 4) is 11.6 Å². The molecule has 0 spiro atoms. The first kappa shape index (κ1) is 18.5. The Morgan fingerprint density at radius 3 is 2.25 bits per heavy atom. The average molecular weight is 326 g/mol. The van der Waals surface area contributed by atoms with Gasteiger partial charge < -0.3 is 10.5 Å². The third kappa shape index (κ3) is 4.35. The molecule has 1 heterocycles. The zero-order valence-corrected chi connectivity index (χ0v) is 15.9. The van der Waals surface area contributed by atoms with Gasteiger partial charge in [0.1, 0.15) is 5.75 Å². The number of nitrogens with two attached hydrogens (primary N) is 1. The van der Waals surface area contributed by atoms with E-state index in [4.69, 9.17) is 10.5 Å². The van der Waals surface area contributed by atoms with Gasteiger partial charge in [0.25, 0.3) is 0 Å². The summed E-state index contributed by atoms with van der Waals surface area (Å²) in [6, 6.07) is 6.70. The number of nitrogens with zero attached hydrogens (tertiary/aromatic N) is 1. The summed E-state index contributed by atoms with van der Waals surface area (Å²) in [6.07, 6.45) is 2.96. The molecule has 2 rings (SSSR count). The number of aryl methyl sites for hydroxylation is 5. The smallest absolute Gasteiger partial charge is 0.222 e. The largest absolute Gasteiger partial charge is 0.438 e. The number of hydrogen-bond acceptors (Lipinski definition) is 3. The van der Waals surface area contributed by atoms with Crippen LogP contribution < -0.4 is 10.5 Å². The van der Waals surface area contributed by atoms with Crippen LogP contribution in [0.3, 0.4) is 0 Å². The molecular weight excluding hydrogens is 296 g/mol. The lowest BCUT2D eigenvalue weighted by Gasteiger charge is -2.17. The minimum atomic E-state index is 0.254. The Hall–Kier alpha value is -1.87. The van der Waals surface area contributed by atoms with Gasteiger partial charge in [-0.05, 0) is 76.6 Å². The molecule has 1 atom stereocenters. The molecule has 2 aromatic rings. The van der Waals surface area contributed by atoms with Crippen molar-refractivity contribution in [3.05, 3.63) is 51.7 Å². The van der Waals surface area contributed by atoms with Gasteiger partial charge in [-0.1, -0.05) is 24.6 Å². The SMILES string of the molecule is CCC(N)CCc1cc(C)nc(Oc2c(C)cc(C)cc2C)c1C.